The first-order valence-electron chi connectivity index (χ1n) is 6.34. The molecule has 94 valence electrons. The van der Waals surface area contributed by atoms with E-state index in [9.17, 15) is 0 Å². The monoisotopic (exact) mass is 253 g/mol. The zero-order valence-corrected chi connectivity index (χ0v) is 11.3. The molecule has 0 bridgehead atoms. The Labute approximate surface area is 108 Å². The van der Waals surface area contributed by atoms with Crippen LogP contribution in [0.5, 0.6) is 0 Å². The Kier molecular flexibility index (Phi) is 4.24. The van der Waals surface area contributed by atoms with Crippen molar-refractivity contribution in [3.05, 3.63) is 22.8 Å². The number of hydrogen-bond donors (Lipinski definition) is 1. The molecule has 1 unspecified atom stereocenters. The van der Waals surface area contributed by atoms with E-state index in [0.717, 1.165) is 36.0 Å². The number of hydrogen-bond acceptors (Lipinski definition) is 3. The van der Waals surface area contributed by atoms with Gasteiger partial charge < -0.3 is 10.2 Å². The Bertz CT molecular complexity index is 381. The van der Waals surface area contributed by atoms with Gasteiger partial charge in [-0.3, -0.25) is 0 Å². The third kappa shape index (κ3) is 2.90. The molecule has 1 aromatic rings. The summed E-state index contributed by atoms with van der Waals surface area (Å²) in [6, 6.07) is 2.58. The molecule has 0 amide bonds. The molecule has 0 spiro atoms. The van der Waals surface area contributed by atoms with E-state index in [1.807, 2.05) is 12.3 Å². The van der Waals surface area contributed by atoms with Crippen LogP contribution in [0.3, 0.4) is 0 Å². The van der Waals surface area contributed by atoms with Gasteiger partial charge in [-0.15, -0.1) is 0 Å². The Morgan fingerprint density at radius 1 is 1.59 bits per heavy atom. The summed E-state index contributed by atoms with van der Waals surface area (Å²) >= 11 is 6.32. The van der Waals surface area contributed by atoms with Crippen molar-refractivity contribution in [2.24, 2.45) is 0 Å². The largest absolute Gasteiger partial charge is 0.353 e. The lowest BCUT2D eigenvalue weighted by atomic mass is 10.2. The van der Waals surface area contributed by atoms with E-state index in [0.29, 0.717) is 6.04 Å². The van der Waals surface area contributed by atoms with Gasteiger partial charge in [0.1, 0.15) is 5.82 Å². The van der Waals surface area contributed by atoms with Crippen LogP contribution in [-0.2, 0) is 6.54 Å². The maximum atomic E-state index is 6.32. The summed E-state index contributed by atoms with van der Waals surface area (Å²) in [6.07, 6.45) is 4.39. The van der Waals surface area contributed by atoms with E-state index < -0.39 is 0 Å². The third-order valence-corrected chi connectivity index (χ3v) is 3.56. The molecule has 2 rings (SSSR count). The molecular weight excluding hydrogens is 234 g/mol. The number of aromatic nitrogens is 1. The fraction of sp³-hybridized carbons (Fsp3) is 0.615. The van der Waals surface area contributed by atoms with Crippen LogP contribution in [0.25, 0.3) is 0 Å². The average Bonchev–Trinajstić information content (AvgIpc) is 2.73. The fourth-order valence-electron chi connectivity index (χ4n) is 2.30. The smallest absolute Gasteiger partial charge is 0.147 e. The Hall–Kier alpha value is -0.800. The van der Waals surface area contributed by atoms with E-state index in [2.05, 4.69) is 29.0 Å². The van der Waals surface area contributed by atoms with E-state index in [1.165, 1.54) is 12.8 Å². The van der Waals surface area contributed by atoms with Crippen LogP contribution < -0.4 is 10.2 Å². The molecule has 1 aliphatic rings. The van der Waals surface area contributed by atoms with Gasteiger partial charge in [-0.05, 0) is 37.9 Å². The van der Waals surface area contributed by atoms with Crippen molar-refractivity contribution in [1.29, 1.82) is 0 Å². The van der Waals surface area contributed by atoms with Crippen molar-refractivity contribution >= 4 is 17.4 Å². The van der Waals surface area contributed by atoms with Crippen molar-refractivity contribution in [1.82, 2.24) is 10.3 Å². The molecule has 3 nitrogen and oxygen atoms in total. The van der Waals surface area contributed by atoms with Gasteiger partial charge in [-0.1, -0.05) is 18.5 Å². The second-order valence-corrected chi connectivity index (χ2v) is 5.02. The average molecular weight is 254 g/mol. The van der Waals surface area contributed by atoms with Crippen molar-refractivity contribution in [2.45, 2.75) is 39.3 Å². The van der Waals surface area contributed by atoms with Crippen LogP contribution in [-0.4, -0.2) is 24.1 Å². The molecule has 4 heteroatoms. The van der Waals surface area contributed by atoms with Gasteiger partial charge in [0.05, 0.1) is 5.02 Å². The number of rotatable bonds is 4. The SMILES string of the molecule is CCNCc1cnc(N2CCCC2C)c(Cl)c1. The molecule has 1 aliphatic heterocycles. The van der Waals surface area contributed by atoms with E-state index in [-0.39, 0.29) is 0 Å². The van der Waals surface area contributed by atoms with E-state index >= 15 is 0 Å². The minimum Gasteiger partial charge on any atom is -0.353 e. The minimum atomic E-state index is 0.555. The summed E-state index contributed by atoms with van der Waals surface area (Å²) in [5.74, 6) is 0.942. The van der Waals surface area contributed by atoms with Crippen molar-refractivity contribution < 1.29 is 0 Å². The first-order chi connectivity index (χ1) is 8.22. The number of pyridine rings is 1. The molecule has 1 saturated heterocycles. The second-order valence-electron chi connectivity index (χ2n) is 4.61. The maximum Gasteiger partial charge on any atom is 0.147 e. The highest BCUT2D eigenvalue weighted by atomic mass is 35.5. The standard InChI is InChI=1S/C13H20ClN3/c1-3-15-8-11-7-12(14)13(16-9-11)17-6-4-5-10(17)2/h7,9-10,15H,3-6,8H2,1-2H3. The summed E-state index contributed by atoms with van der Waals surface area (Å²) in [7, 11) is 0. The molecule has 0 aliphatic carbocycles. The molecule has 2 heterocycles. The molecule has 1 N–H and O–H groups in total. The normalized spacial score (nSPS) is 19.9. The summed E-state index contributed by atoms with van der Waals surface area (Å²) in [6.45, 7) is 7.19. The minimum absolute atomic E-state index is 0.555. The van der Waals surface area contributed by atoms with Gasteiger partial charge in [-0.2, -0.15) is 0 Å². The molecule has 0 radical (unpaired) electrons. The molecule has 1 aromatic heterocycles. The highest BCUT2D eigenvalue weighted by molar-refractivity contribution is 6.33. The molecule has 17 heavy (non-hydrogen) atoms. The van der Waals surface area contributed by atoms with Crippen LogP contribution in [0.4, 0.5) is 5.82 Å². The topological polar surface area (TPSA) is 28.2 Å². The number of halogens is 1. The van der Waals surface area contributed by atoms with Gasteiger partial charge in [0.25, 0.3) is 0 Å². The third-order valence-electron chi connectivity index (χ3n) is 3.28. The van der Waals surface area contributed by atoms with Crippen molar-refractivity contribution in [3.63, 3.8) is 0 Å². The summed E-state index contributed by atoms with van der Waals surface area (Å²) in [5.41, 5.74) is 1.15. The van der Waals surface area contributed by atoms with Crippen molar-refractivity contribution in [3.8, 4) is 0 Å². The van der Waals surface area contributed by atoms with Gasteiger partial charge in [-0.25, -0.2) is 4.98 Å². The Balaban J connectivity index is 2.13. The lowest BCUT2D eigenvalue weighted by Crippen LogP contribution is -2.27. The summed E-state index contributed by atoms with van der Waals surface area (Å²) in [5, 5.41) is 4.05. The molecule has 1 atom stereocenters. The van der Waals surface area contributed by atoms with Crippen LogP contribution >= 0.6 is 11.6 Å². The predicted octanol–water partition coefficient (Wildman–Crippen LogP) is 2.83. The van der Waals surface area contributed by atoms with Gasteiger partial charge in [0.2, 0.25) is 0 Å². The summed E-state index contributed by atoms with van der Waals surface area (Å²) < 4.78 is 0. The quantitative estimate of drug-likeness (QED) is 0.895. The van der Waals surface area contributed by atoms with Crippen molar-refractivity contribution in [2.75, 3.05) is 18.0 Å². The molecule has 1 fully saturated rings. The number of anilines is 1. The molecule has 0 aromatic carbocycles. The lowest BCUT2D eigenvalue weighted by molar-refractivity contribution is 0.716. The Morgan fingerprint density at radius 2 is 2.41 bits per heavy atom. The zero-order chi connectivity index (χ0) is 12.3. The summed E-state index contributed by atoms with van der Waals surface area (Å²) in [4.78, 5) is 6.82. The number of nitrogens with one attached hydrogen (secondary N) is 1. The van der Waals surface area contributed by atoms with E-state index in [1.54, 1.807) is 0 Å². The first kappa shape index (κ1) is 12.7. The van der Waals surface area contributed by atoms with Gasteiger partial charge in [0, 0.05) is 25.3 Å². The van der Waals surface area contributed by atoms with Gasteiger partial charge in [0.15, 0.2) is 0 Å². The highest BCUT2D eigenvalue weighted by Crippen LogP contribution is 2.30. The zero-order valence-electron chi connectivity index (χ0n) is 10.5. The molecule has 0 saturated carbocycles. The second kappa shape index (κ2) is 5.69. The number of nitrogens with zero attached hydrogens (tertiary/aromatic N) is 2. The Morgan fingerprint density at radius 3 is 3.00 bits per heavy atom. The van der Waals surface area contributed by atoms with Crippen LogP contribution in [0.15, 0.2) is 12.3 Å². The fourth-order valence-corrected chi connectivity index (χ4v) is 2.59. The predicted molar refractivity (Wildman–Crippen MR) is 72.7 cm³/mol. The van der Waals surface area contributed by atoms with Crippen LogP contribution in [0.2, 0.25) is 5.02 Å². The molecular formula is C13H20ClN3. The first-order valence-corrected chi connectivity index (χ1v) is 6.72. The van der Waals surface area contributed by atoms with Gasteiger partial charge >= 0.3 is 0 Å². The lowest BCUT2D eigenvalue weighted by Gasteiger charge is -2.23. The maximum absolute atomic E-state index is 6.32. The highest BCUT2D eigenvalue weighted by Gasteiger charge is 2.23. The van der Waals surface area contributed by atoms with E-state index in [4.69, 9.17) is 11.6 Å². The van der Waals surface area contributed by atoms with Crippen LogP contribution in [0, 0.1) is 0 Å². The van der Waals surface area contributed by atoms with Crippen LogP contribution in [0.1, 0.15) is 32.3 Å².